The Balaban J connectivity index is 2.43. The van der Waals surface area contributed by atoms with Crippen molar-refractivity contribution in [3.05, 3.63) is 35.9 Å². The molecule has 2 amide bonds. The zero-order chi connectivity index (χ0) is 23.4. The first kappa shape index (κ1) is 25.9. The van der Waals surface area contributed by atoms with E-state index in [1.54, 1.807) is 32.9 Å². The highest BCUT2D eigenvalue weighted by Gasteiger charge is 2.28. The Kier molecular flexibility index (Phi) is 10.5. The average Bonchev–Trinajstić information content (AvgIpc) is 2.68. The van der Waals surface area contributed by atoms with E-state index < -0.39 is 54.5 Å². The molecule has 0 unspecified atom stereocenters. The maximum Gasteiger partial charge on any atom is 0.407 e. The van der Waals surface area contributed by atoms with Crippen LogP contribution in [0, 0.1) is 0 Å². The van der Waals surface area contributed by atoms with Gasteiger partial charge in [-0.2, -0.15) is 0 Å². The quantitative estimate of drug-likeness (QED) is 0.364. The molecule has 10 heteroatoms. The smallest absolute Gasteiger partial charge is 0.407 e. The van der Waals surface area contributed by atoms with Crippen LogP contribution >= 0.6 is 0 Å². The molecule has 1 aromatic rings. The van der Waals surface area contributed by atoms with Gasteiger partial charge in [-0.3, -0.25) is 9.59 Å². The minimum Gasteiger partial charge on any atom is -0.467 e. The molecule has 31 heavy (non-hydrogen) atoms. The number of ether oxygens (including phenoxy) is 3. The molecule has 172 valence electrons. The van der Waals surface area contributed by atoms with Crippen LogP contribution in [-0.2, 0) is 35.2 Å². The van der Waals surface area contributed by atoms with Gasteiger partial charge in [-0.05, 0) is 26.3 Å². The molecule has 0 fully saturated rings. The summed E-state index contributed by atoms with van der Waals surface area (Å²) in [5, 5.41) is 14.6. The first-order valence-corrected chi connectivity index (χ1v) is 9.72. The van der Waals surface area contributed by atoms with Crippen molar-refractivity contribution in [3.63, 3.8) is 0 Å². The lowest BCUT2D eigenvalue weighted by molar-refractivity contribution is -0.159. The normalized spacial score (nSPS) is 12.8. The number of rotatable bonds is 10. The fourth-order valence-electron chi connectivity index (χ4n) is 2.40. The summed E-state index contributed by atoms with van der Waals surface area (Å²) in [6.07, 6.45) is -2.82. The van der Waals surface area contributed by atoms with E-state index in [1.807, 2.05) is 18.2 Å². The third-order valence-corrected chi connectivity index (χ3v) is 3.73. The summed E-state index contributed by atoms with van der Waals surface area (Å²) in [5.74, 6) is -2.21. The third kappa shape index (κ3) is 11.6. The number of nitrogens with one attached hydrogen (secondary N) is 2. The van der Waals surface area contributed by atoms with E-state index in [1.165, 1.54) is 0 Å². The molecule has 0 aromatic heterocycles. The number of esters is 2. The van der Waals surface area contributed by atoms with Gasteiger partial charge in [0.25, 0.3) is 0 Å². The summed E-state index contributed by atoms with van der Waals surface area (Å²) in [4.78, 5) is 47.6. The second-order valence-corrected chi connectivity index (χ2v) is 7.73. The maximum absolute atomic E-state index is 12.1. The van der Waals surface area contributed by atoms with Gasteiger partial charge in [-0.25, -0.2) is 9.59 Å². The molecule has 10 nitrogen and oxygen atoms in total. The number of aliphatic hydroxyl groups excluding tert-OH is 1. The Morgan fingerprint density at radius 2 is 1.71 bits per heavy atom. The van der Waals surface area contributed by atoms with Crippen LogP contribution in [0.25, 0.3) is 0 Å². The molecule has 0 saturated heterocycles. The predicted molar refractivity (Wildman–Crippen MR) is 110 cm³/mol. The fourth-order valence-corrected chi connectivity index (χ4v) is 2.40. The largest absolute Gasteiger partial charge is 0.467 e. The van der Waals surface area contributed by atoms with E-state index in [0.29, 0.717) is 0 Å². The van der Waals surface area contributed by atoms with Crippen molar-refractivity contribution >= 4 is 23.9 Å². The number of aliphatic hydroxyl groups is 1. The van der Waals surface area contributed by atoms with E-state index in [-0.39, 0.29) is 13.2 Å². The predicted octanol–water partition coefficient (Wildman–Crippen LogP) is 1.05. The number of alkyl carbamates (subject to hydrolysis) is 1. The Morgan fingerprint density at radius 1 is 1.06 bits per heavy atom. The number of methoxy groups -OCH3 is 1. The molecule has 2 atom stereocenters. The molecule has 1 aromatic carbocycles. The van der Waals surface area contributed by atoms with Crippen molar-refractivity contribution in [1.29, 1.82) is 0 Å². The van der Waals surface area contributed by atoms with Crippen molar-refractivity contribution in [1.82, 2.24) is 10.6 Å². The van der Waals surface area contributed by atoms with E-state index in [0.717, 1.165) is 12.7 Å². The summed E-state index contributed by atoms with van der Waals surface area (Å²) >= 11 is 0. The van der Waals surface area contributed by atoms with Crippen LogP contribution in [0.1, 0.15) is 39.2 Å². The number of hydrogen-bond acceptors (Lipinski definition) is 8. The molecule has 0 heterocycles. The topological polar surface area (TPSA) is 140 Å². The van der Waals surface area contributed by atoms with Gasteiger partial charge < -0.3 is 30.0 Å². The number of amides is 2. The van der Waals surface area contributed by atoms with Crippen LogP contribution in [0.3, 0.4) is 0 Å². The number of carbonyl (C=O) groups is 4. The lowest BCUT2D eigenvalue weighted by Crippen LogP contribution is -2.45. The highest BCUT2D eigenvalue weighted by atomic mass is 16.6. The molecule has 3 N–H and O–H groups in total. The molecule has 0 saturated carbocycles. The van der Waals surface area contributed by atoms with Crippen molar-refractivity contribution in [2.24, 2.45) is 0 Å². The molecule has 0 bridgehead atoms. The first-order valence-electron chi connectivity index (χ1n) is 9.72. The van der Waals surface area contributed by atoms with Crippen LogP contribution in [0.15, 0.2) is 30.3 Å². The molecule has 0 aliphatic rings. The number of benzene rings is 1. The first-order chi connectivity index (χ1) is 14.5. The summed E-state index contributed by atoms with van der Waals surface area (Å²) in [5.41, 5.74) is 0.0510. The van der Waals surface area contributed by atoms with E-state index >= 15 is 0 Å². The van der Waals surface area contributed by atoms with Crippen molar-refractivity contribution < 1.29 is 38.5 Å². The summed E-state index contributed by atoms with van der Waals surface area (Å²) in [7, 11) is 1.12. The van der Waals surface area contributed by atoms with Gasteiger partial charge in [0, 0.05) is 6.54 Å². The monoisotopic (exact) mass is 438 g/mol. The summed E-state index contributed by atoms with van der Waals surface area (Å²) < 4.78 is 14.7. The van der Waals surface area contributed by atoms with Crippen LogP contribution in [0.2, 0.25) is 0 Å². The second-order valence-electron chi connectivity index (χ2n) is 7.73. The molecule has 1 rings (SSSR count). The molecular weight excluding hydrogens is 408 g/mol. The number of carbonyl (C=O) groups excluding carboxylic acids is 4. The van der Waals surface area contributed by atoms with Gasteiger partial charge in [-0.1, -0.05) is 30.3 Å². The standard InChI is InChI=1S/C21H30N2O8/c1-21(2,3)31-18(26)11-16(19(27)29-4)23-17(25)10-15(24)12-22-20(28)30-13-14-8-6-5-7-9-14/h5-9,15-16,24H,10-13H2,1-4H3,(H,22,28)(H,23,25)/t15-,16+/m0/s1. The highest BCUT2D eigenvalue weighted by molar-refractivity contribution is 5.88. The van der Waals surface area contributed by atoms with E-state index in [2.05, 4.69) is 15.4 Å². The van der Waals surface area contributed by atoms with Crippen molar-refractivity contribution in [3.8, 4) is 0 Å². The molecule has 0 aliphatic carbocycles. The minimum atomic E-state index is -1.26. The van der Waals surface area contributed by atoms with Gasteiger partial charge in [0.1, 0.15) is 18.2 Å². The zero-order valence-electron chi connectivity index (χ0n) is 18.2. The average molecular weight is 438 g/mol. The Bertz CT molecular complexity index is 745. The van der Waals surface area contributed by atoms with Gasteiger partial charge >= 0.3 is 18.0 Å². The molecule has 0 radical (unpaired) electrons. The fraction of sp³-hybridized carbons (Fsp3) is 0.524. The Hall–Kier alpha value is -3.14. The van der Waals surface area contributed by atoms with Gasteiger partial charge in [0.2, 0.25) is 5.91 Å². The lowest BCUT2D eigenvalue weighted by Gasteiger charge is -2.22. The lowest BCUT2D eigenvalue weighted by atomic mass is 10.1. The van der Waals surface area contributed by atoms with E-state index in [4.69, 9.17) is 9.47 Å². The van der Waals surface area contributed by atoms with Crippen molar-refractivity contribution in [2.45, 2.75) is 58.0 Å². The van der Waals surface area contributed by atoms with Crippen LogP contribution < -0.4 is 10.6 Å². The molecule has 0 aliphatic heterocycles. The molecule has 0 spiro atoms. The SMILES string of the molecule is COC(=O)[C@@H](CC(=O)OC(C)(C)C)NC(=O)C[C@H](O)CNC(=O)OCc1ccccc1. The van der Waals surface area contributed by atoms with Gasteiger partial charge in [0.05, 0.1) is 26.1 Å². The highest BCUT2D eigenvalue weighted by Crippen LogP contribution is 2.10. The number of hydrogen-bond donors (Lipinski definition) is 3. The summed E-state index contributed by atoms with van der Waals surface area (Å²) in [6, 6.07) is 7.78. The van der Waals surface area contributed by atoms with Gasteiger partial charge in [0.15, 0.2) is 0 Å². The third-order valence-electron chi connectivity index (χ3n) is 3.73. The Labute approximate surface area is 181 Å². The summed E-state index contributed by atoms with van der Waals surface area (Å²) in [6.45, 7) is 4.84. The van der Waals surface area contributed by atoms with E-state index in [9.17, 15) is 24.3 Å². The minimum absolute atomic E-state index is 0.0642. The zero-order valence-corrected chi connectivity index (χ0v) is 18.2. The van der Waals surface area contributed by atoms with Crippen LogP contribution in [0.4, 0.5) is 4.79 Å². The van der Waals surface area contributed by atoms with Crippen LogP contribution in [0.5, 0.6) is 0 Å². The second kappa shape index (κ2) is 12.5. The molecular formula is C21H30N2O8. The van der Waals surface area contributed by atoms with Crippen molar-refractivity contribution in [2.75, 3.05) is 13.7 Å². The maximum atomic E-state index is 12.1. The Morgan fingerprint density at radius 3 is 2.29 bits per heavy atom. The van der Waals surface area contributed by atoms with Gasteiger partial charge in [-0.15, -0.1) is 0 Å². The van der Waals surface area contributed by atoms with Crippen LogP contribution in [-0.4, -0.2) is 60.4 Å².